The molecule has 15 heavy (non-hydrogen) atoms. The number of hydrogen-bond donors (Lipinski definition) is 0. The molecule has 1 aliphatic carbocycles. The molecule has 0 unspecified atom stereocenters. The number of benzene rings is 1. The maximum absolute atomic E-state index is 11.4. The van der Waals surface area contributed by atoms with E-state index in [0.29, 0.717) is 6.42 Å². The van der Waals surface area contributed by atoms with E-state index in [1.165, 1.54) is 16.0 Å². The van der Waals surface area contributed by atoms with E-state index in [2.05, 4.69) is 18.4 Å². The number of rotatable bonds is 2. The lowest BCUT2D eigenvalue weighted by molar-refractivity contribution is -0.114. The van der Waals surface area contributed by atoms with Gasteiger partial charge in [-0.05, 0) is 42.4 Å². The predicted octanol–water partition coefficient (Wildman–Crippen LogP) is 3.54. The van der Waals surface area contributed by atoms with Gasteiger partial charge in [0.15, 0.2) is 5.78 Å². The summed E-state index contributed by atoms with van der Waals surface area (Å²) in [6.45, 7) is 0. The van der Waals surface area contributed by atoms with Crippen molar-refractivity contribution in [2.75, 3.05) is 6.26 Å². The Kier molecular flexibility index (Phi) is 3.27. The summed E-state index contributed by atoms with van der Waals surface area (Å²) >= 11 is 1.74. The Bertz CT molecular complexity index is 407. The standard InChI is InChI=1S/C13H14OS/c1-15-13-8-3-2-7-12(13)10-5-4-6-11(14)9-10/h2-3,7-9H,4-6H2,1H3. The molecule has 0 amide bonds. The van der Waals surface area contributed by atoms with Crippen LogP contribution in [0.5, 0.6) is 0 Å². The number of carbonyl (C=O) groups is 1. The van der Waals surface area contributed by atoms with Gasteiger partial charge in [0.25, 0.3) is 0 Å². The van der Waals surface area contributed by atoms with Gasteiger partial charge in [-0.15, -0.1) is 11.8 Å². The van der Waals surface area contributed by atoms with Crippen molar-refractivity contribution in [1.29, 1.82) is 0 Å². The molecule has 1 aliphatic rings. The molecule has 0 bridgehead atoms. The highest BCUT2D eigenvalue weighted by atomic mass is 32.2. The van der Waals surface area contributed by atoms with Gasteiger partial charge in [-0.1, -0.05) is 18.2 Å². The predicted molar refractivity (Wildman–Crippen MR) is 65.1 cm³/mol. The Morgan fingerprint density at radius 2 is 2.00 bits per heavy atom. The zero-order valence-corrected chi connectivity index (χ0v) is 9.64. The molecule has 1 aromatic carbocycles. The molecule has 78 valence electrons. The smallest absolute Gasteiger partial charge is 0.155 e. The van der Waals surface area contributed by atoms with Crippen LogP contribution in [0.25, 0.3) is 5.57 Å². The molecule has 0 atom stereocenters. The quantitative estimate of drug-likeness (QED) is 0.706. The Morgan fingerprint density at radius 1 is 1.20 bits per heavy atom. The summed E-state index contributed by atoms with van der Waals surface area (Å²) in [4.78, 5) is 12.6. The third kappa shape index (κ3) is 2.32. The molecule has 2 heteroatoms. The molecule has 0 saturated heterocycles. The number of carbonyl (C=O) groups excluding carboxylic acids is 1. The lowest BCUT2D eigenvalue weighted by atomic mass is 9.93. The van der Waals surface area contributed by atoms with E-state index in [-0.39, 0.29) is 5.78 Å². The van der Waals surface area contributed by atoms with E-state index < -0.39 is 0 Å². The Labute approximate surface area is 94.6 Å². The van der Waals surface area contributed by atoms with E-state index in [4.69, 9.17) is 0 Å². The van der Waals surface area contributed by atoms with Gasteiger partial charge >= 0.3 is 0 Å². The Hall–Kier alpha value is -1.02. The van der Waals surface area contributed by atoms with Crippen molar-refractivity contribution in [2.24, 2.45) is 0 Å². The molecule has 0 radical (unpaired) electrons. The fraction of sp³-hybridized carbons (Fsp3) is 0.308. The van der Waals surface area contributed by atoms with Crippen molar-refractivity contribution in [2.45, 2.75) is 24.2 Å². The third-order valence-corrected chi connectivity index (χ3v) is 3.45. The molecule has 1 aromatic rings. The van der Waals surface area contributed by atoms with Crippen LogP contribution in [0, 0.1) is 0 Å². The highest BCUT2D eigenvalue weighted by Crippen LogP contribution is 2.31. The van der Waals surface area contributed by atoms with E-state index in [9.17, 15) is 4.79 Å². The van der Waals surface area contributed by atoms with Crippen molar-refractivity contribution in [1.82, 2.24) is 0 Å². The van der Waals surface area contributed by atoms with Crippen LogP contribution in [-0.2, 0) is 4.79 Å². The molecule has 0 aromatic heterocycles. The first-order valence-corrected chi connectivity index (χ1v) is 6.40. The van der Waals surface area contributed by atoms with E-state index in [0.717, 1.165) is 12.8 Å². The van der Waals surface area contributed by atoms with Crippen molar-refractivity contribution in [3.8, 4) is 0 Å². The molecule has 0 aliphatic heterocycles. The lowest BCUT2D eigenvalue weighted by Gasteiger charge is -2.14. The Balaban J connectivity index is 2.40. The second kappa shape index (κ2) is 4.67. The highest BCUT2D eigenvalue weighted by Gasteiger charge is 2.13. The fourth-order valence-corrected chi connectivity index (χ4v) is 2.55. The number of allylic oxidation sites excluding steroid dienone is 2. The molecule has 0 spiro atoms. The van der Waals surface area contributed by atoms with Gasteiger partial charge in [0, 0.05) is 11.3 Å². The summed E-state index contributed by atoms with van der Waals surface area (Å²) in [6.07, 6.45) is 6.63. The van der Waals surface area contributed by atoms with Crippen LogP contribution in [0.15, 0.2) is 35.2 Å². The van der Waals surface area contributed by atoms with Crippen LogP contribution in [-0.4, -0.2) is 12.0 Å². The fourth-order valence-electron chi connectivity index (χ4n) is 1.91. The summed E-state index contributed by atoms with van der Waals surface area (Å²) < 4.78 is 0. The van der Waals surface area contributed by atoms with E-state index >= 15 is 0 Å². The Morgan fingerprint density at radius 3 is 2.73 bits per heavy atom. The van der Waals surface area contributed by atoms with Crippen molar-refractivity contribution in [3.63, 3.8) is 0 Å². The topological polar surface area (TPSA) is 17.1 Å². The van der Waals surface area contributed by atoms with Crippen LogP contribution in [0.1, 0.15) is 24.8 Å². The van der Waals surface area contributed by atoms with Crippen LogP contribution in [0.2, 0.25) is 0 Å². The lowest BCUT2D eigenvalue weighted by Crippen LogP contribution is -2.02. The van der Waals surface area contributed by atoms with Gasteiger partial charge < -0.3 is 0 Å². The van der Waals surface area contributed by atoms with Gasteiger partial charge in [0.1, 0.15) is 0 Å². The summed E-state index contributed by atoms with van der Waals surface area (Å²) in [5.41, 5.74) is 2.44. The molecular weight excluding hydrogens is 204 g/mol. The molecule has 0 saturated carbocycles. The average Bonchev–Trinajstić information content (AvgIpc) is 2.29. The molecule has 0 fully saturated rings. The number of hydrogen-bond acceptors (Lipinski definition) is 2. The van der Waals surface area contributed by atoms with E-state index in [1.54, 1.807) is 11.8 Å². The van der Waals surface area contributed by atoms with Crippen molar-refractivity contribution < 1.29 is 4.79 Å². The van der Waals surface area contributed by atoms with Gasteiger partial charge in [0.05, 0.1) is 0 Å². The number of ketones is 1. The molecular formula is C13H14OS. The molecule has 0 heterocycles. The first kappa shape index (κ1) is 10.5. The summed E-state index contributed by atoms with van der Waals surface area (Å²) in [6, 6.07) is 8.30. The first-order chi connectivity index (χ1) is 7.31. The maximum atomic E-state index is 11.4. The second-order valence-electron chi connectivity index (χ2n) is 3.69. The molecule has 1 nitrogen and oxygen atoms in total. The minimum Gasteiger partial charge on any atom is -0.295 e. The van der Waals surface area contributed by atoms with Crippen molar-refractivity contribution >= 4 is 23.1 Å². The van der Waals surface area contributed by atoms with Crippen molar-refractivity contribution in [3.05, 3.63) is 35.9 Å². The zero-order chi connectivity index (χ0) is 10.7. The summed E-state index contributed by atoms with van der Waals surface area (Å²) in [5, 5.41) is 0. The van der Waals surface area contributed by atoms with E-state index in [1.807, 2.05) is 18.2 Å². The minimum absolute atomic E-state index is 0.271. The summed E-state index contributed by atoms with van der Waals surface area (Å²) in [7, 11) is 0. The molecule has 0 N–H and O–H groups in total. The van der Waals surface area contributed by atoms with Gasteiger partial charge in [0.2, 0.25) is 0 Å². The number of thioether (sulfide) groups is 1. The van der Waals surface area contributed by atoms with Crippen LogP contribution in [0.3, 0.4) is 0 Å². The van der Waals surface area contributed by atoms with Crippen LogP contribution < -0.4 is 0 Å². The normalized spacial score (nSPS) is 16.3. The van der Waals surface area contributed by atoms with Crippen LogP contribution >= 0.6 is 11.8 Å². The highest BCUT2D eigenvalue weighted by molar-refractivity contribution is 7.98. The van der Waals surface area contributed by atoms with Crippen LogP contribution in [0.4, 0.5) is 0 Å². The average molecular weight is 218 g/mol. The first-order valence-electron chi connectivity index (χ1n) is 5.18. The van der Waals surface area contributed by atoms with Gasteiger partial charge in [-0.25, -0.2) is 0 Å². The second-order valence-corrected chi connectivity index (χ2v) is 4.54. The maximum Gasteiger partial charge on any atom is 0.155 e. The minimum atomic E-state index is 0.271. The SMILES string of the molecule is CSc1ccccc1C1=CC(=O)CCC1. The summed E-state index contributed by atoms with van der Waals surface area (Å²) in [5.74, 6) is 0.271. The zero-order valence-electron chi connectivity index (χ0n) is 8.82. The largest absolute Gasteiger partial charge is 0.295 e. The van der Waals surface area contributed by atoms with Gasteiger partial charge in [-0.3, -0.25) is 4.79 Å². The molecule has 2 rings (SSSR count). The third-order valence-electron chi connectivity index (χ3n) is 2.66. The van der Waals surface area contributed by atoms with Gasteiger partial charge in [-0.2, -0.15) is 0 Å². The monoisotopic (exact) mass is 218 g/mol.